The van der Waals surface area contributed by atoms with Gasteiger partial charge in [0.15, 0.2) is 0 Å². The molecule has 0 bridgehead atoms. The average Bonchev–Trinajstić information content (AvgIpc) is 2.73. The summed E-state index contributed by atoms with van der Waals surface area (Å²) in [4.78, 5) is 48.5. The van der Waals surface area contributed by atoms with Crippen molar-refractivity contribution < 1.29 is 19.2 Å². The fourth-order valence-corrected chi connectivity index (χ4v) is 3.46. The lowest BCUT2D eigenvalue weighted by atomic mass is 9.91. The zero-order valence-corrected chi connectivity index (χ0v) is 17.6. The predicted molar refractivity (Wildman–Crippen MR) is 115 cm³/mol. The van der Waals surface area contributed by atoms with Crippen molar-refractivity contribution in [2.24, 2.45) is 11.8 Å². The first-order valence-electron chi connectivity index (χ1n) is 10.5. The van der Waals surface area contributed by atoms with Gasteiger partial charge in [-0.05, 0) is 43.2 Å². The van der Waals surface area contributed by atoms with Crippen LogP contribution < -0.4 is 16.0 Å². The number of carbonyl (C=O) groups is 4. The van der Waals surface area contributed by atoms with E-state index in [0.29, 0.717) is 25.7 Å². The number of amides is 3. The molecule has 0 unspecified atom stereocenters. The topological polar surface area (TPSA) is 104 Å². The zero-order valence-electron chi connectivity index (χ0n) is 17.6. The van der Waals surface area contributed by atoms with Crippen LogP contribution in [0.3, 0.4) is 0 Å². The Bertz CT molecular complexity index is 761. The maximum atomic E-state index is 12.8. The number of benzene rings is 1. The van der Waals surface area contributed by atoms with Crippen molar-refractivity contribution >= 4 is 30.1 Å². The standard InChI is InChI=1S/C23H31N3O4/c1-16(2)13-20(26-21(28)11-10-17-7-4-3-5-8-17)23(30)25-19(15-27)14-18-9-6-12-24-22(18)29/h3-5,7-8,10-11,15-16,18-20H,6,9,12-14H2,1-2H3,(H,24,29)(H,25,30)(H,26,28)/b11-10-/t18-,19-,20-/m0/s1. The zero-order chi connectivity index (χ0) is 21.9. The number of rotatable bonds is 10. The van der Waals surface area contributed by atoms with Gasteiger partial charge in [-0.25, -0.2) is 0 Å². The number of carbonyl (C=O) groups excluding carboxylic acids is 4. The molecule has 0 aliphatic carbocycles. The summed E-state index contributed by atoms with van der Waals surface area (Å²) in [6.45, 7) is 4.55. The Morgan fingerprint density at radius 1 is 1.20 bits per heavy atom. The molecule has 1 aromatic rings. The van der Waals surface area contributed by atoms with E-state index in [9.17, 15) is 19.2 Å². The maximum Gasteiger partial charge on any atom is 0.244 e. The van der Waals surface area contributed by atoms with Crippen LogP contribution in [0.1, 0.15) is 45.1 Å². The summed E-state index contributed by atoms with van der Waals surface area (Å²) in [6.07, 6.45) is 5.97. The molecule has 0 saturated carbocycles. The van der Waals surface area contributed by atoms with Crippen molar-refractivity contribution in [3.05, 3.63) is 42.0 Å². The fourth-order valence-electron chi connectivity index (χ4n) is 3.46. The molecule has 0 spiro atoms. The molecule has 3 amide bonds. The summed E-state index contributed by atoms with van der Waals surface area (Å²) < 4.78 is 0. The van der Waals surface area contributed by atoms with Crippen LogP contribution in [0.25, 0.3) is 6.08 Å². The van der Waals surface area contributed by atoms with E-state index in [1.54, 1.807) is 6.08 Å². The molecule has 30 heavy (non-hydrogen) atoms. The molecule has 3 atom stereocenters. The third-order valence-electron chi connectivity index (χ3n) is 5.00. The Morgan fingerprint density at radius 2 is 1.93 bits per heavy atom. The van der Waals surface area contributed by atoms with Gasteiger partial charge in [0.1, 0.15) is 12.3 Å². The van der Waals surface area contributed by atoms with Crippen LogP contribution in [-0.4, -0.2) is 42.6 Å². The van der Waals surface area contributed by atoms with E-state index in [4.69, 9.17) is 0 Å². The van der Waals surface area contributed by atoms with Gasteiger partial charge >= 0.3 is 0 Å². The van der Waals surface area contributed by atoms with Gasteiger partial charge in [0.25, 0.3) is 0 Å². The average molecular weight is 414 g/mol. The molecule has 7 nitrogen and oxygen atoms in total. The Hall–Kier alpha value is -2.96. The van der Waals surface area contributed by atoms with Crippen molar-refractivity contribution in [1.82, 2.24) is 16.0 Å². The van der Waals surface area contributed by atoms with Gasteiger partial charge in [0.2, 0.25) is 17.7 Å². The molecule has 1 fully saturated rings. The van der Waals surface area contributed by atoms with E-state index in [-0.39, 0.29) is 30.1 Å². The summed E-state index contributed by atoms with van der Waals surface area (Å²) in [5, 5.41) is 8.21. The quantitative estimate of drug-likeness (QED) is 0.402. The molecule has 2 rings (SSSR count). The second kappa shape index (κ2) is 11.9. The molecule has 0 radical (unpaired) electrons. The van der Waals surface area contributed by atoms with Crippen molar-refractivity contribution in [2.75, 3.05) is 6.54 Å². The minimum Gasteiger partial charge on any atom is -0.356 e. The second-order valence-electron chi connectivity index (χ2n) is 8.05. The first kappa shape index (κ1) is 23.3. The van der Waals surface area contributed by atoms with Crippen LogP contribution in [0.5, 0.6) is 0 Å². The van der Waals surface area contributed by atoms with Gasteiger partial charge < -0.3 is 20.7 Å². The van der Waals surface area contributed by atoms with E-state index in [0.717, 1.165) is 12.0 Å². The van der Waals surface area contributed by atoms with E-state index in [1.807, 2.05) is 44.2 Å². The molecule has 3 N–H and O–H groups in total. The lowest BCUT2D eigenvalue weighted by molar-refractivity contribution is -0.130. The highest BCUT2D eigenvalue weighted by molar-refractivity contribution is 5.96. The van der Waals surface area contributed by atoms with Crippen LogP contribution in [0, 0.1) is 11.8 Å². The molecule has 0 aromatic heterocycles. The van der Waals surface area contributed by atoms with Crippen molar-refractivity contribution in [2.45, 2.75) is 51.6 Å². The third kappa shape index (κ3) is 7.81. The van der Waals surface area contributed by atoms with Gasteiger partial charge in [0, 0.05) is 18.5 Å². The first-order chi connectivity index (χ1) is 14.4. The molecule has 1 saturated heterocycles. The van der Waals surface area contributed by atoms with Gasteiger partial charge in [-0.15, -0.1) is 0 Å². The van der Waals surface area contributed by atoms with Crippen molar-refractivity contribution in [3.63, 3.8) is 0 Å². The maximum absolute atomic E-state index is 12.8. The molecule has 1 aliphatic rings. The highest BCUT2D eigenvalue weighted by Gasteiger charge is 2.28. The SMILES string of the molecule is CC(C)C[C@H](NC(=O)/C=C\c1ccccc1)C(=O)N[C@H](C=O)C[C@@H]1CCCNC1=O. The Morgan fingerprint density at radius 3 is 2.57 bits per heavy atom. The molecular formula is C23H31N3O4. The highest BCUT2D eigenvalue weighted by Crippen LogP contribution is 2.17. The summed E-state index contributed by atoms with van der Waals surface area (Å²) in [7, 11) is 0. The number of hydrogen-bond acceptors (Lipinski definition) is 4. The minimum atomic E-state index is -0.766. The summed E-state index contributed by atoms with van der Waals surface area (Å²) in [5.74, 6) is -1.01. The second-order valence-corrected chi connectivity index (χ2v) is 8.05. The van der Waals surface area contributed by atoms with Crippen LogP contribution in [0.2, 0.25) is 0 Å². The van der Waals surface area contributed by atoms with Crippen LogP contribution in [0.4, 0.5) is 0 Å². The predicted octanol–water partition coefficient (Wildman–Crippen LogP) is 1.83. The first-order valence-corrected chi connectivity index (χ1v) is 10.5. The largest absolute Gasteiger partial charge is 0.356 e. The number of nitrogens with one attached hydrogen (secondary N) is 3. The summed E-state index contributed by atoms with van der Waals surface area (Å²) in [6, 6.07) is 7.85. The van der Waals surface area contributed by atoms with Gasteiger partial charge in [-0.3, -0.25) is 14.4 Å². The molecule has 7 heteroatoms. The van der Waals surface area contributed by atoms with Crippen LogP contribution >= 0.6 is 0 Å². The Kier molecular flexibility index (Phi) is 9.25. The Balaban J connectivity index is 1.97. The summed E-state index contributed by atoms with van der Waals surface area (Å²) in [5.41, 5.74) is 0.879. The summed E-state index contributed by atoms with van der Waals surface area (Å²) >= 11 is 0. The molecule has 1 aromatic carbocycles. The van der Waals surface area contributed by atoms with Gasteiger partial charge in [-0.2, -0.15) is 0 Å². The number of piperidine rings is 1. The monoisotopic (exact) mass is 413 g/mol. The van der Waals surface area contributed by atoms with E-state index < -0.39 is 18.0 Å². The smallest absolute Gasteiger partial charge is 0.244 e. The van der Waals surface area contributed by atoms with Crippen LogP contribution in [0.15, 0.2) is 36.4 Å². The lowest BCUT2D eigenvalue weighted by Crippen LogP contribution is -2.51. The molecular weight excluding hydrogens is 382 g/mol. The van der Waals surface area contributed by atoms with Crippen molar-refractivity contribution in [1.29, 1.82) is 0 Å². The number of hydrogen-bond donors (Lipinski definition) is 3. The number of aldehydes is 1. The van der Waals surface area contributed by atoms with Gasteiger partial charge in [-0.1, -0.05) is 44.2 Å². The van der Waals surface area contributed by atoms with Gasteiger partial charge in [0.05, 0.1) is 6.04 Å². The highest BCUT2D eigenvalue weighted by atomic mass is 16.2. The van der Waals surface area contributed by atoms with E-state index >= 15 is 0 Å². The minimum absolute atomic E-state index is 0.0829. The Labute approximate surface area is 177 Å². The van der Waals surface area contributed by atoms with E-state index in [2.05, 4.69) is 16.0 Å². The molecule has 1 heterocycles. The van der Waals surface area contributed by atoms with E-state index in [1.165, 1.54) is 6.08 Å². The van der Waals surface area contributed by atoms with Crippen molar-refractivity contribution in [3.8, 4) is 0 Å². The third-order valence-corrected chi connectivity index (χ3v) is 5.00. The normalized spacial score (nSPS) is 18.5. The fraction of sp³-hybridized carbons (Fsp3) is 0.478. The van der Waals surface area contributed by atoms with Crippen LogP contribution in [-0.2, 0) is 19.2 Å². The molecule has 162 valence electrons. The molecule has 1 aliphatic heterocycles. The lowest BCUT2D eigenvalue weighted by Gasteiger charge is -2.26.